The molecule has 0 aliphatic heterocycles. The lowest BCUT2D eigenvalue weighted by Crippen LogP contribution is -2.25. The standard InChI is InChI=1S/C18H20N6O/c1-14-10-13-24(23-14)17-9-8-16(21-22-17)19-11-5-12-20-18(25)15-6-3-2-4-7-15/h2-4,6-10,13H,5,11-12H2,1H3,(H,19,21)(H,20,25). The molecular weight excluding hydrogens is 316 g/mol. The fourth-order valence-electron chi connectivity index (χ4n) is 2.28. The maximum absolute atomic E-state index is 11.9. The Balaban J connectivity index is 1.40. The molecule has 0 bridgehead atoms. The van der Waals surface area contributed by atoms with Crippen LogP contribution >= 0.6 is 0 Å². The van der Waals surface area contributed by atoms with Gasteiger partial charge in [-0.25, -0.2) is 4.68 Å². The van der Waals surface area contributed by atoms with Crippen molar-refractivity contribution in [1.29, 1.82) is 0 Å². The minimum absolute atomic E-state index is 0.0562. The topological polar surface area (TPSA) is 84.7 Å². The first-order valence-corrected chi connectivity index (χ1v) is 8.16. The highest BCUT2D eigenvalue weighted by Gasteiger charge is 2.03. The van der Waals surface area contributed by atoms with Crippen LogP contribution in [0.5, 0.6) is 0 Å². The van der Waals surface area contributed by atoms with Gasteiger partial charge in [0.15, 0.2) is 5.82 Å². The molecule has 3 rings (SSSR count). The molecule has 0 unspecified atom stereocenters. The van der Waals surface area contributed by atoms with Crippen LogP contribution in [0.25, 0.3) is 5.82 Å². The van der Waals surface area contributed by atoms with Gasteiger partial charge in [0.05, 0.1) is 5.69 Å². The van der Waals surface area contributed by atoms with E-state index in [-0.39, 0.29) is 5.91 Å². The second-order valence-electron chi connectivity index (χ2n) is 5.58. The average molecular weight is 336 g/mol. The van der Waals surface area contributed by atoms with Crippen LogP contribution in [0.4, 0.5) is 5.82 Å². The van der Waals surface area contributed by atoms with E-state index in [9.17, 15) is 4.79 Å². The van der Waals surface area contributed by atoms with E-state index < -0.39 is 0 Å². The number of hydrogen-bond donors (Lipinski definition) is 2. The Labute approximate surface area is 146 Å². The van der Waals surface area contributed by atoms with E-state index in [0.29, 0.717) is 30.3 Å². The third-order valence-electron chi connectivity index (χ3n) is 3.59. The molecular formula is C18H20N6O. The number of nitrogens with zero attached hydrogens (tertiary/aromatic N) is 4. The van der Waals surface area contributed by atoms with Crippen LogP contribution in [-0.4, -0.2) is 39.0 Å². The Hall–Kier alpha value is -3.22. The smallest absolute Gasteiger partial charge is 0.251 e. The maximum Gasteiger partial charge on any atom is 0.251 e. The summed E-state index contributed by atoms with van der Waals surface area (Å²) < 4.78 is 1.69. The molecule has 2 heterocycles. The largest absolute Gasteiger partial charge is 0.369 e. The van der Waals surface area contributed by atoms with Crippen molar-refractivity contribution in [3.05, 3.63) is 66.0 Å². The number of benzene rings is 1. The van der Waals surface area contributed by atoms with E-state index in [4.69, 9.17) is 0 Å². The molecule has 0 saturated heterocycles. The van der Waals surface area contributed by atoms with E-state index in [2.05, 4.69) is 25.9 Å². The molecule has 0 spiro atoms. The van der Waals surface area contributed by atoms with Crippen molar-refractivity contribution in [2.75, 3.05) is 18.4 Å². The van der Waals surface area contributed by atoms with E-state index in [1.54, 1.807) is 16.8 Å². The number of aromatic nitrogens is 4. The summed E-state index contributed by atoms with van der Waals surface area (Å²) in [5.41, 5.74) is 1.60. The number of carbonyl (C=O) groups excluding carboxylic acids is 1. The normalized spacial score (nSPS) is 10.4. The highest BCUT2D eigenvalue weighted by Crippen LogP contribution is 2.06. The molecule has 7 heteroatoms. The third kappa shape index (κ3) is 4.63. The van der Waals surface area contributed by atoms with Crippen molar-refractivity contribution < 1.29 is 4.79 Å². The Morgan fingerprint density at radius 3 is 2.56 bits per heavy atom. The summed E-state index contributed by atoms with van der Waals surface area (Å²) in [6, 6.07) is 14.8. The predicted octanol–water partition coefficient (Wildman–Crippen LogP) is 2.20. The molecule has 7 nitrogen and oxygen atoms in total. The first kappa shape index (κ1) is 16.6. The van der Waals surface area contributed by atoms with Crippen LogP contribution in [0, 0.1) is 6.92 Å². The monoisotopic (exact) mass is 336 g/mol. The van der Waals surface area contributed by atoms with Crippen molar-refractivity contribution in [2.45, 2.75) is 13.3 Å². The van der Waals surface area contributed by atoms with Crippen LogP contribution in [0.3, 0.4) is 0 Å². The van der Waals surface area contributed by atoms with Gasteiger partial charge < -0.3 is 10.6 Å². The lowest BCUT2D eigenvalue weighted by atomic mass is 10.2. The first-order chi connectivity index (χ1) is 12.2. The van der Waals surface area contributed by atoms with Gasteiger partial charge >= 0.3 is 0 Å². The Kier molecular flexibility index (Phi) is 5.36. The Morgan fingerprint density at radius 1 is 1.04 bits per heavy atom. The van der Waals surface area contributed by atoms with Gasteiger partial charge in [-0.15, -0.1) is 10.2 Å². The molecule has 0 atom stereocenters. The Bertz CT molecular complexity index is 813. The fraction of sp³-hybridized carbons (Fsp3) is 0.222. The van der Waals surface area contributed by atoms with Gasteiger partial charge in [-0.1, -0.05) is 18.2 Å². The number of amides is 1. The van der Waals surface area contributed by atoms with Gasteiger partial charge in [-0.2, -0.15) is 5.10 Å². The zero-order valence-corrected chi connectivity index (χ0v) is 14.0. The van der Waals surface area contributed by atoms with E-state index in [1.807, 2.05) is 49.5 Å². The van der Waals surface area contributed by atoms with Crippen LogP contribution in [0.15, 0.2) is 54.7 Å². The summed E-state index contributed by atoms with van der Waals surface area (Å²) in [4.78, 5) is 11.9. The number of anilines is 1. The van der Waals surface area contributed by atoms with Gasteiger partial charge in [-0.3, -0.25) is 4.79 Å². The molecule has 2 N–H and O–H groups in total. The third-order valence-corrected chi connectivity index (χ3v) is 3.59. The molecule has 2 aromatic heterocycles. The highest BCUT2D eigenvalue weighted by molar-refractivity contribution is 5.94. The molecule has 128 valence electrons. The molecule has 1 aromatic carbocycles. The van der Waals surface area contributed by atoms with Crippen molar-refractivity contribution >= 4 is 11.7 Å². The average Bonchev–Trinajstić information content (AvgIpc) is 3.09. The van der Waals surface area contributed by atoms with Gasteiger partial charge in [-0.05, 0) is 43.7 Å². The molecule has 0 aliphatic rings. The number of rotatable bonds is 7. The number of carbonyl (C=O) groups is 1. The summed E-state index contributed by atoms with van der Waals surface area (Å²) in [5, 5.41) is 18.7. The van der Waals surface area contributed by atoms with E-state index in [1.165, 1.54) is 0 Å². The van der Waals surface area contributed by atoms with E-state index in [0.717, 1.165) is 12.1 Å². The molecule has 25 heavy (non-hydrogen) atoms. The van der Waals surface area contributed by atoms with E-state index >= 15 is 0 Å². The summed E-state index contributed by atoms with van der Waals surface area (Å²) in [7, 11) is 0. The summed E-state index contributed by atoms with van der Waals surface area (Å²) in [6.07, 6.45) is 2.64. The fourth-order valence-corrected chi connectivity index (χ4v) is 2.28. The number of nitrogens with one attached hydrogen (secondary N) is 2. The van der Waals surface area contributed by atoms with Crippen LogP contribution in [0.1, 0.15) is 22.5 Å². The van der Waals surface area contributed by atoms with Crippen LogP contribution < -0.4 is 10.6 Å². The van der Waals surface area contributed by atoms with Gasteiger partial charge in [0.25, 0.3) is 5.91 Å². The van der Waals surface area contributed by atoms with Gasteiger partial charge in [0.2, 0.25) is 0 Å². The zero-order chi connectivity index (χ0) is 17.5. The van der Waals surface area contributed by atoms with Gasteiger partial charge in [0.1, 0.15) is 5.82 Å². The quantitative estimate of drug-likeness (QED) is 0.646. The van der Waals surface area contributed by atoms with Crippen molar-refractivity contribution in [2.24, 2.45) is 0 Å². The predicted molar refractivity (Wildman–Crippen MR) is 95.8 cm³/mol. The minimum Gasteiger partial charge on any atom is -0.369 e. The summed E-state index contributed by atoms with van der Waals surface area (Å²) >= 11 is 0. The molecule has 0 radical (unpaired) electrons. The molecule has 3 aromatic rings. The Morgan fingerprint density at radius 2 is 1.88 bits per heavy atom. The van der Waals surface area contributed by atoms with Crippen molar-refractivity contribution in [3.63, 3.8) is 0 Å². The highest BCUT2D eigenvalue weighted by atomic mass is 16.1. The lowest BCUT2D eigenvalue weighted by Gasteiger charge is -2.07. The lowest BCUT2D eigenvalue weighted by molar-refractivity contribution is 0.0953. The second-order valence-corrected chi connectivity index (χ2v) is 5.58. The summed E-state index contributed by atoms with van der Waals surface area (Å²) in [6.45, 7) is 3.22. The summed E-state index contributed by atoms with van der Waals surface area (Å²) in [5.74, 6) is 1.31. The van der Waals surface area contributed by atoms with Crippen molar-refractivity contribution in [3.8, 4) is 5.82 Å². The molecule has 0 fully saturated rings. The SMILES string of the molecule is Cc1ccn(-c2ccc(NCCCNC(=O)c3ccccc3)nn2)n1. The number of aryl methyl sites for hydroxylation is 1. The molecule has 0 aliphatic carbocycles. The zero-order valence-electron chi connectivity index (χ0n) is 14.0. The second kappa shape index (κ2) is 8.05. The molecule has 1 amide bonds. The van der Waals surface area contributed by atoms with Crippen molar-refractivity contribution in [1.82, 2.24) is 25.3 Å². The minimum atomic E-state index is -0.0562. The van der Waals surface area contributed by atoms with Gasteiger partial charge in [0, 0.05) is 24.8 Å². The maximum atomic E-state index is 11.9. The van der Waals surface area contributed by atoms with Crippen LogP contribution in [-0.2, 0) is 0 Å². The first-order valence-electron chi connectivity index (χ1n) is 8.16. The van der Waals surface area contributed by atoms with Crippen LogP contribution in [0.2, 0.25) is 0 Å². The number of hydrogen-bond acceptors (Lipinski definition) is 5. The molecule has 0 saturated carbocycles.